The molecular formula is C23H21ClN6O3S. The van der Waals surface area contributed by atoms with Crippen LogP contribution in [0.1, 0.15) is 21.7 Å². The molecule has 0 atom stereocenters. The summed E-state index contributed by atoms with van der Waals surface area (Å²) in [6, 6.07) is 12.4. The smallest absolute Gasteiger partial charge is 0.278 e. The molecule has 0 saturated carbocycles. The highest BCUT2D eigenvalue weighted by atomic mass is 35.5. The second kappa shape index (κ2) is 10.5. The van der Waals surface area contributed by atoms with E-state index in [4.69, 9.17) is 21.1 Å². The van der Waals surface area contributed by atoms with Crippen molar-refractivity contribution in [3.8, 4) is 17.2 Å². The van der Waals surface area contributed by atoms with Crippen LogP contribution in [0.15, 0.2) is 60.0 Å². The maximum atomic E-state index is 13.3. The molecule has 2 aromatic carbocycles. The van der Waals surface area contributed by atoms with Gasteiger partial charge in [-0.05, 0) is 42.8 Å². The number of methoxy groups -OCH3 is 2. The first-order valence-electron chi connectivity index (χ1n) is 10.1. The number of benzene rings is 2. The quantitative estimate of drug-likeness (QED) is 0.279. The minimum atomic E-state index is -0.444. The third kappa shape index (κ3) is 5.13. The largest absolute Gasteiger partial charge is 0.497 e. The van der Waals surface area contributed by atoms with Gasteiger partial charge in [0, 0.05) is 29.2 Å². The summed E-state index contributed by atoms with van der Waals surface area (Å²) in [5, 5.41) is 12.4. The monoisotopic (exact) mass is 496 g/mol. The number of nitrogens with zero attached hydrogens (tertiary/aromatic N) is 5. The third-order valence-corrected chi connectivity index (χ3v) is 6.21. The van der Waals surface area contributed by atoms with Crippen LogP contribution in [-0.2, 0) is 5.75 Å². The number of rotatable bonds is 8. The summed E-state index contributed by atoms with van der Waals surface area (Å²) in [4.78, 5) is 21.8. The lowest BCUT2D eigenvalue weighted by atomic mass is 10.2. The summed E-state index contributed by atoms with van der Waals surface area (Å²) in [6.45, 7) is 1.91. The zero-order chi connectivity index (χ0) is 24.1. The van der Waals surface area contributed by atoms with Crippen LogP contribution in [0.5, 0.6) is 11.5 Å². The van der Waals surface area contributed by atoms with Crippen LogP contribution in [0.3, 0.4) is 0 Å². The first-order valence-corrected chi connectivity index (χ1v) is 11.5. The Balaban J connectivity index is 1.70. The van der Waals surface area contributed by atoms with E-state index < -0.39 is 5.91 Å². The Hall–Kier alpha value is -3.63. The molecule has 0 bridgehead atoms. The number of carbonyl (C=O) groups excluding carboxylic acids is 1. The molecule has 9 nitrogen and oxygen atoms in total. The van der Waals surface area contributed by atoms with E-state index in [1.165, 1.54) is 18.9 Å². The summed E-state index contributed by atoms with van der Waals surface area (Å²) >= 11 is 7.70. The van der Waals surface area contributed by atoms with Crippen molar-refractivity contribution in [3.05, 3.63) is 76.8 Å². The van der Waals surface area contributed by atoms with E-state index in [-0.39, 0.29) is 5.69 Å². The number of carbonyl (C=O) groups is 1. The number of aryl methyl sites for hydroxylation is 1. The Bertz CT molecular complexity index is 1320. The van der Waals surface area contributed by atoms with Gasteiger partial charge in [0.25, 0.3) is 5.91 Å². The van der Waals surface area contributed by atoms with Crippen LogP contribution in [0, 0.1) is 6.92 Å². The minimum absolute atomic E-state index is 0.157. The molecule has 1 N–H and O–H groups in total. The Morgan fingerprint density at radius 1 is 1.12 bits per heavy atom. The van der Waals surface area contributed by atoms with E-state index >= 15 is 0 Å². The average molecular weight is 497 g/mol. The van der Waals surface area contributed by atoms with Gasteiger partial charge in [0.15, 0.2) is 10.9 Å². The molecular weight excluding hydrogens is 476 g/mol. The molecule has 1 amide bonds. The molecule has 4 aromatic rings. The lowest BCUT2D eigenvalue weighted by Crippen LogP contribution is -2.16. The normalized spacial score (nSPS) is 10.7. The van der Waals surface area contributed by atoms with E-state index in [1.54, 1.807) is 54.5 Å². The summed E-state index contributed by atoms with van der Waals surface area (Å²) in [5.41, 5.74) is 2.79. The Kier molecular flexibility index (Phi) is 7.29. The lowest BCUT2D eigenvalue weighted by molar-refractivity contribution is 0.102. The fourth-order valence-electron chi connectivity index (χ4n) is 3.11. The predicted octanol–water partition coefficient (Wildman–Crippen LogP) is 4.58. The molecule has 0 radical (unpaired) electrons. The first-order chi connectivity index (χ1) is 16.5. The molecule has 34 heavy (non-hydrogen) atoms. The van der Waals surface area contributed by atoms with E-state index in [1.807, 2.05) is 19.1 Å². The Morgan fingerprint density at radius 3 is 2.62 bits per heavy atom. The van der Waals surface area contributed by atoms with Crippen LogP contribution in [-0.4, -0.2) is 45.1 Å². The summed E-state index contributed by atoms with van der Waals surface area (Å²) in [5.74, 6) is 0.965. The number of hydrogen-bond acceptors (Lipinski definition) is 8. The second-order valence-corrected chi connectivity index (χ2v) is 8.42. The van der Waals surface area contributed by atoms with Crippen molar-refractivity contribution in [3.63, 3.8) is 0 Å². The molecule has 0 aliphatic rings. The molecule has 4 rings (SSSR count). The van der Waals surface area contributed by atoms with Gasteiger partial charge in [0.2, 0.25) is 0 Å². The molecule has 2 heterocycles. The van der Waals surface area contributed by atoms with Gasteiger partial charge in [-0.3, -0.25) is 4.79 Å². The molecule has 0 spiro atoms. The van der Waals surface area contributed by atoms with Crippen molar-refractivity contribution >= 4 is 35.0 Å². The van der Waals surface area contributed by atoms with Gasteiger partial charge in [0.05, 0.1) is 31.3 Å². The number of anilines is 1. The zero-order valence-corrected chi connectivity index (χ0v) is 20.2. The number of aromatic nitrogens is 5. The number of amides is 1. The van der Waals surface area contributed by atoms with Crippen molar-refractivity contribution in [2.45, 2.75) is 17.8 Å². The van der Waals surface area contributed by atoms with Crippen molar-refractivity contribution in [1.82, 2.24) is 25.0 Å². The van der Waals surface area contributed by atoms with E-state index in [2.05, 4.69) is 25.6 Å². The maximum absolute atomic E-state index is 13.3. The fourth-order valence-corrected chi connectivity index (χ4v) is 4.08. The summed E-state index contributed by atoms with van der Waals surface area (Å²) in [6.07, 6.45) is 3.32. The van der Waals surface area contributed by atoms with Gasteiger partial charge in [-0.15, -0.1) is 5.10 Å². The van der Waals surface area contributed by atoms with Crippen molar-refractivity contribution in [2.24, 2.45) is 0 Å². The number of hydrogen-bond donors (Lipinski definition) is 1. The number of nitrogens with one attached hydrogen (secondary N) is 1. The average Bonchev–Trinajstić information content (AvgIpc) is 3.29. The fraction of sp³-hybridized carbons (Fsp3) is 0.174. The molecule has 2 aromatic heterocycles. The standard InChI is InChI=1S/C23H21ClN6O3S/c1-14-5-6-15(11-17(14)24)30-19(13-34-23-25-9-4-10-26-23)21(28-29-30)22(31)27-18-12-16(32-2)7-8-20(18)33-3/h4-12H,13H2,1-3H3,(H,27,31). The predicted molar refractivity (Wildman–Crippen MR) is 130 cm³/mol. The molecule has 0 aliphatic heterocycles. The Morgan fingerprint density at radius 2 is 1.91 bits per heavy atom. The number of thioether (sulfide) groups is 1. The topological polar surface area (TPSA) is 104 Å². The molecule has 11 heteroatoms. The molecule has 0 fully saturated rings. The van der Waals surface area contributed by atoms with Crippen LogP contribution >= 0.6 is 23.4 Å². The van der Waals surface area contributed by atoms with Gasteiger partial charge in [-0.1, -0.05) is 34.6 Å². The molecule has 174 valence electrons. The highest BCUT2D eigenvalue weighted by molar-refractivity contribution is 7.98. The van der Waals surface area contributed by atoms with Gasteiger partial charge < -0.3 is 14.8 Å². The Labute approximate surface area is 205 Å². The van der Waals surface area contributed by atoms with Gasteiger partial charge in [-0.25, -0.2) is 14.6 Å². The van der Waals surface area contributed by atoms with Crippen LogP contribution < -0.4 is 14.8 Å². The van der Waals surface area contributed by atoms with E-state index in [0.717, 1.165) is 5.56 Å². The third-order valence-electron chi connectivity index (χ3n) is 4.91. The molecule has 0 aliphatic carbocycles. The van der Waals surface area contributed by atoms with Crippen molar-refractivity contribution < 1.29 is 14.3 Å². The van der Waals surface area contributed by atoms with Crippen molar-refractivity contribution in [2.75, 3.05) is 19.5 Å². The lowest BCUT2D eigenvalue weighted by Gasteiger charge is -2.12. The highest BCUT2D eigenvalue weighted by Gasteiger charge is 2.23. The first kappa shape index (κ1) is 23.5. The zero-order valence-electron chi connectivity index (χ0n) is 18.7. The van der Waals surface area contributed by atoms with Gasteiger partial charge in [0.1, 0.15) is 11.5 Å². The summed E-state index contributed by atoms with van der Waals surface area (Å²) < 4.78 is 12.2. The van der Waals surface area contributed by atoms with Crippen LogP contribution in [0.4, 0.5) is 5.69 Å². The van der Waals surface area contributed by atoms with E-state index in [9.17, 15) is 4.79 Å². The molecule has 0 unspecified atom stereocenters. The van der Waals surface area contributed by atoms with E-state index in [0.29, 0.717) is 44.5 Å². The number of halogens is 1. The minimum Gasteiger partial charge on any atom is -0.497 e. The number of ether oxygens (including phenoxy) is 2. The van der Waals surface area contributed by atoms with Crippen molar-refractivity contribution in [1.29, 1.82) is 0 Å². The van der Waals surface area contributed by atoms with Gasteiger partial charge >= 0.3 is 0 Å². The maximum Gasteiger partial charge on any atom is 0.278 e. The second-order valence-electron chi connectivity index (χ2n) is 7.07. The van der Waals surface area contributed by atoms with Gasteiger partial charge in [-0.2, -0.15) is 0 Å². The van der Waals surface area contributed by atoms with Crippen LogP contribution in [0.2, 0.25) is 5.02 Å². The SMILES string of the molecule is COc1ccc(OC)c(NC(=O)c2nnn(-c3ccc(C)c(Cl)c3)c2CSc2ncccn2)c1. The summed E-state index contributed by atoms with van der Waals surface area (Å²) in [7, 11) is 3.07. The molecule has 0 saturated heterocycles. The highest BCUT2D eigenvalue weighted by Crippen LogP contribution is 2.30. The van der Waals surface area contributed by atoms with Crippen LogP contribution in [0.25, 0.3) is 5.69 Å².